The van der Waals surface area contributed by atoms with Gasteiger partial charge in [0.05, 0.1) is 16.4 Å². The minimum Gasteiger partial charge on any atom is -0.368 e. The highest BCUT2D eigenvalue weighted by molar-refractivity contribution is 6.30. The topological polar surface area (TPSA) is 64.7 Å². The second-order valence-electron chi connectivity index (χ2n) is 2.80. The summed E-state index contributed by atoms with van der Waals surface area (Å²) < 4.78 is 0. The molecule has 0 aromatic carbocycles. The summed E-state index contributed by atoms with van der Waals surface area (Å²) in [7, 11) is 0. The molecule has 2 N–H and O–H groups in total. The molecule has 0 fully saturated rings. The van der Waals surface area contributed by atoms with Gasteiger partial charge < -0.3 is 5.73 Å². The van der Waals surface area contributed by atoms with Crippen molar-refractivity contribution in [1.82, 2.24) is 15.0 Å². The van der Waals surface area contributed by atoms with E-state index in [1.54, 1.807) is 18.2 Å². The van der Waals surface area contributed by atoms with Crippen LogP contribution in [0.4, 0.5) is 5.95 Å². The first kappa shape index (κ1) is 10.1. The molecule has 0 unspecified atom stereocenters. The predicted octanol–water partition coefficient (Wildman–Crippen LogP) is 2.43. The van der Waals surface area contributed by atoms with Gasteiger partial charge in [-0.3, -0.25) is 4.98 Å². The maximum atomic E-state index is 5.75. The Balaban J connectivity index is 2.49. The number of anilines is 1. The summed E-state index contributed by atoms with van der Waals surface area (Å²) >= 11 is 11.5. The third-order valence-electron chi connectivity index (χ3n) is 1.70. The van der Waals surface area contributed by atoms with Crippen molar-refractivity contribution in [2.45, 2.75) is 0 Å². The fraction of sp³-hybridized carbons (Fsp3) is 0. The number of rotatable bonds is 1. The first-order valence-electron chi connectivity index (χ1n) is 4.07. The SMILES string of the molecule is Nc1nc(Cl)cc(-c2ccc(Cl)cn2)n1. The Bertz CT molecular complexity index is 464. The fourth-order valence-electron chi connectivity index (χ4n) is 1.09. The van der Waals surface area contributed by atoms with Crippen LogP contribution in [0.1, 0.15) is 0 Å². The van der Waals surface area contributed by atoms with E-state index in [0.717, 1.165) is 0 Å². The molecule has 2 aromatic rings. The molecule has 0 saturated carbocycles. The van der Waals surface area contributed by atoms with Gasteiger partial charge in [-0.25, -0.2) is 9.97 Å². The second-order valence-corrected chi connectivity index (χ2v) is 3.62. The van der Waals surface area contributed by atoms with Gasteiger partial charge in [0.1, 0.15) is 5.15 Å². The molecule has 4 nitrogen and oxygen atoms in total. The van der Waals surface area contributed by atoms with Crippen LogP contribution in [0.5, 0.6) is 0 Å². The number of hydrogen-bond acceptors (Lipinski definition) is 4. The molecule has 0 radical (unpaired) electrons. The maximum absolute atomic E-state index is 5.75. The van der Waals surface area contributed by atoms with E-state index in [9.17, 15) is 0 Å². The molecule has 0 atom stereocenters. The smallest absolute Gasteiger partial charge is 0.222 e. The maximum Gasteiger partial charge on any atom is 0.222 e. The van der Waals surface area contributed by atoms with Gasteiger partial charge in [0.25, 0.3) is 0 Å². The van der Waals surface area contributed by atoms with Crippen LogP contribution in [0, 0.1) is 0 Å². The molecule has 0 spiro atoms. The van der Waals surface area contributed by atoms with E-state index in [4.69, 9.17) is 28.9 Å². The number of pyridine rings is 1. The van der Waals surface area contributed by atoms with E-state index < -0.39 is 0 Å². The van der Waals surface area contributed by atoms with E-state index >= 15 is 0 Å². The van der Waals surface area contributed by atoms with Crippen LogP contribution in [0.25, 0.3) is 11.4 Å². The summed E-state index contributed by atoms with van der Waals surface area (Å²) in [6.45, 7) is 0. The fourth-order valence-corrected chi connectivity index (χ4v) is 1.40. The zero-order valence-electron chi connectivity index (χ0n) is 7.48. The van der Waals surface area contributed by atoms with E-state index in [2.05, 4.69) is 15.0 Å². The van der Waals surface area contributed by atoms with Gasteiger partial charge in [-0.1, -0.05) is 23.2 Å². The second kappa shape index (κ2) is 4.00. The summed E-state index contributed by atoms with van der Waals surface area (Å²) in [5.74, 6) is 0.120. The van der Waals surface area contributed by atoms with Gasteiger partial charge in [0, 0.05) is 12.3 Å². The Morgan fingerprint density at radius 1 is 1.07 bits per heavy atom. The van der Waals surface area contributed by atoms with Crippen molar-refractivity contribution in [3.8, 4) is 11.4 Å². The molecule has 0 aliphatic heterocycles. The van der Waals surface area contributed by atoms with Crippen LogP contribution in [0.3, 0.4) is 0 Å². The van der Waals surface area contributed by atoms with Crippen molar-refractivity contribution >= 4 is 29.2 Å². The van der Waals surface area contributed by atoms with Crippen molar-refractivity contribution in [3.05, 3.63) is 34.6 Å². The summed E-state index contributed by atoms with van der Waals surface area (Å²) in [5.41, 5.74) is 6.69. The molecule has 2 heterocycles. The van der Waals surface area contributed by atoms with Crippen LogP contribution in [-0.4, -0.2) is 15.0 Å². The average molecular weight is 241 g/mol. The quantitative estimate of drug-likeness (QED) is 0.778. The zero-order chi connectivity index (χ0) is 10.8. The number of halogens is 2. The summed E-state index contributed by atoms with van der Waals surface area (Å²) in [4.78, 5) is 11.9. The summed E-state index contributed by atoms with van der Waals surface area (Å²) in [6, 6.07) is 5.05. The van der Waals surface area contributed by atoms with Crippen LogP contribution in [0.2, 0.25) is 10.2 Å². The molecule has 0 bridgehead atoms. The van der Waals surface area contributed by atoms with Crippen molar-refractivity contribution in [2.75, 3.05) is 5.73 Å². The number of nitrogen functional groups attached to an aromatic ring is 1. The van der Waals surface area contributed by atoms with Crippen molar-refractivity contribution < 1.29 is 0 Å². The monoisotopic (exact) mass is 240 g/mol. The normalized spacial score (nSPS) is 10.3. The molecule has 6 heteroatoms. The van der Waals surface area contributed by atoms with E-state index in [1.165, 1.54) is 6.20 Å². The van der Waals surface area contributed by atoms with Crippen molar-refractivity contribution in [2.24, 2.45) is 0 Å². The molecule has 15 heavy (non-hydrogen) atoms. The van der Waals surface area contributed by atoms with E-state index in [0.29, 0.717) is 16.4 Å². The van der Waals surface area contributed by atoms with Crippen molar-refractivity contribution in [1.29, 1.82) is 0 Å². The van der Waals surface area contributed by atoms with Gasteiger partial charge in [-0.15, -0.1) is 0 Å². The largest absolute Gasteiger partial charge is 0.368 e. The highest BCUT2D eigenvalue weighted by atomic mass is 35.5. The van der Waals surface area contributed by atoms with Crippen molar-refractivity contribution in [3.63, 3.8) is 0 Å². The van der Waals surface area contributed by atoms with Gasteiger partial charge in [-0.05, 0) is 12.1 Å². The van der Waals surface area contributed by atoms with Gasteiger partial charge >= 0.3 is 0 Å². The number of nitrogens with zero attached hydrogens (tertiary/aromatic N) is 3. The van der Waals surface area contributed by atoms with Crippen LogP contribution in [0.15, 0.2) is 24.4 Å². The lowest BCUT2D eigenvalue weighted by Crippen LogP contribution is -1.97. The summed E-state index contributed by atoms with van der Waals surface area (Å²) in [6.07, 6.45) is 1.53. The molecular weight excluding hydrogens is 235 g/mol. The average Bonchev–Trinajstić information content (AvgIpc) is 2.17. The molecule has 76 valence electrons. The van der Waals surface area contributed by atoms with Crippen LogP contribution in [-0.2, 0) is 0 Å². The minimum absolute atomic E-state index is 0.120. The third-order valence-corrected chi connectivity index (χ3v) is 2.12. The third kappa shape index (κ3) is 2.34. The molecule has 0 saturated heterocycles. The number of hydrogen-bond donors (Lipinski definition) is 1. The van der Waals surface area contributed by atoms with E-state index in [1.807, 2.05) is 0 Å². The predicted molar refractivity (Wildman–Crippen MR) is 59.7 cm³/mol. The Morgan fingerprint density at radius 2 is 1.87 bits per heavy atom. The molecule has 0 amide bonds. The van der Waals surface area contributed by atoms with Gasteiger partial charge in [-0.2, -0.15) is 0 Å². The zero-order valence-corrected chi connectivity index (χ0v) is 9.00. The Hall–Kier alpha value is -1.39. The Labute approximate surface area is 96.1 Å². The van der Waals surface area contributed by atoms with Crippen LogP contribution < -0.4 is 5.73 Å². The molecule has 2 aromatic heterocycles. The molecule has 2 rings (SSSR count). The lowest BCUT2D eigenvalue weighted by molar-refractivity contribution is 1.17. The van der Waals surface area contributed by atoms with E-state index in [-0.39, 0.29) is 11.1 Å². The Kier molecular flexibility index (Phi) is 2.70. The number of nitrogens with two attached hydrogens (primary N) is 1. The van der Waals surface area contributed by atoms with Gasteiger partial charge in [0.2, 0.25) is 5.95 Å². The highest BCUT2D eigenvalue weighted by Crippen LogP contribution is 2.19. The molecule has 0 aliphatic carbocycles. The lowest BCUT2D eigenvalue weighted by atomic mass is 10.2. The minimum atomic E-state index is 0.120. The van der Waals surface area contributed by atoms with Crippen LogP contribution >= 0.6 is 23.2 Å². The first-order chi connectivity index (χ1) is 7.15. The lowest BCUT2D eigenvalue weighted by Gasteiger charge is -2.01. The first-order valence-corrected chi connectivity index (χ1v) is 4.83. The summed E-state index contributed by atoms with van der Waals surface area (Å²) in [5, 5.41) is 0.848. The highest BCUT2D eigenvalue weighted by Gasteiger charge is 2.04. The molecular formula is C9H6Cl2N4. The standard InChI is InChI=1S/C9H6Cl2N4/c10-5-1-2-6(13-4-5)7-3-8(11)15-9(12)14-7/h1-4H,(H2,12,14,15). The Morgan fingerprint density at radius 3 is 2.47 bits per heavy atom. The molecule has 0 aliphatic rings. The van der Waals surface area contributed by atoms with Gasteiger partial charge in [0.15, 0.2) is 0 Å². The number of aromatic nitrogens is 3.